The number of amides is 1. The molecule has 0 unspecified atom stereocenters. The van der Waals surface area contributed by atoms with Crippen LogP contribution in [0.25, 0.3) is 11.1 Å². The van der Waals surface area contributed by atoms with Gasteiger partial charge >= 0.3 is 0 Å². The number of benzene rings is 1. The third-order valence-corrected chi connectivity index (χ3v) is 4.54. The first-order chi connectivity index (χ1) is 9.50. The first-order valence-corrected chi connectivity index (χ1v) is 6.94. The number of nitrogens with zero attached hydrogens (tertiary/aromatic N) is 2. The Kier molecular flexibility index (Phi) is 3.19. The number of rotatable bonds is 1. The number of hydrogen-bond donors (Lipinski definition) is 0. The Balaban J connectivity index is 2.21. The van der Waals surface area contributed by atoms with Gasteiger partial charge in [-0.3, -0.25) is 9.78 Å². The molecule has 0 aliphatic carbocycles. The van der Waals surface area contributed by atoms with Gasteiger partial charge < -0.3 is 4.90 Å². The van der Waals surface area contributed by atoms with Crippen molar-refractivity contribution < 1.29 is 4.79 Å². The van der Waals surface area contributed by atoms with Gasteiger partial charge in [-0.2, -0.15) is 0 Å². The number of hydrogen-bond acceptors (Lipinski definition) is 2. The van der Waals surface area contributed by atoms with Crippen LogP contribution in [0.1, 0.15) is 11.1 Å². The van der Waals surface area contributed by atoms with Gasteiger partial charge in [0.15, 0.2) is 0 Å². The van der Waals surface area contributed by atoms with E-state index in [1.54, 1.807) is 24.3 Å². The van der Waals surface area contributed by atoms with Crippen LogP contribution in [0.5, 0.6) is 0 Å². The van der Waals surface area contributed by atoms with E-state index in [1.165, 1.54) is 0 Å². The standard InChI is InChI=1S/C15H12Cl2N2O/c1-8-11(6-18-7-12(8)16)9-3-4-13-10(15(9)17)5-14(20)19(13)2/h3-4,6-7H,5H2,1-2H3. The maximum absolute atomic E-state index is 11.8. The highest BCUT2D eigenvalue weighted by atomic mass is 35.5. The van der Waals surface area contributed by atoms with Crippen LogP contribution < -0.4 is 4.90 Å². The molecule has 102 valence electrons. The van der Waals surface area contributed by atoms with E-state index in [0.717, 1.165) is 27.9 Å². The van der Waals surface area contributed by atoms with Gasteiger partial charge in [-0.15, -0.1) is 0 Å². The molecule has 0 saturated carbocycles. The van der Waals surface area contributed by atoms with Crippen LogP contribution in [0.3, 0.4) is 0 Å². The molecule has 3 nitrogen and oxygen atoms in total. The normalized spacial score (nSPS) is 13.8. The molecular formula is C15H12Cl2N2O. The average molecular weight is 307 g/mol. The van der Waals surface area contributed by atoms with Gasteiger partial charge in [0.25, 0.3) is 0 Å². The summed E-state index contributed by atoms with van der Waals surface area (Å²) in [5.41, 5.74) is 4.43. The van der Waals surface area contributed by atoms with E-state index in [9.17, 15) is 4.79 Å². The number of fused-ring (bicyclic) bond motifs is 1. The van der Waals surface area contributed by atoms with Crippen molar-refractivity contribution in [3.63, 3.8) is 0 Å². The lowest BCUT2D eigenvalue weighted by Gasteiger charge is -2.14. The molecule has 1 aromatic heterocycles. The predicted octanol–water partition coefficient (Wildman–Crippen LogP) is 3.88. The first-order valence-electron chi connectivity index (χ1n) is 6.19. The topological polar surface area (TPSA) is 33.2 Å². The molecule has 1 aliphatic heterocycles. The fourth-order valence-corrected chi connectivity index (χ4v) is 2.96. The van der Waals surface area contributed by atoms with Gasteiger partial charge in [-0.1, -0.05) is 29.3 Å². The largest absolute Gasteiger partial charge is 0.315 e. The van der Waals surface area contributed by atoms with E-state index < -0.39 is 0 Å². The van der Waals surface area contributed by atoms with Gasteiger partial charge in [0.1, 0.15) is 0 Å². The van der Waals surface area contributed by atoms with Crippen molar-refractivity contribution in [3.8, 4) is 11.1 Å². The van der Waals surface area contributed by atoms with E-state index in [1.807, 2.05) is 19.1 Å². The molecule has 0 spiro atoms. The zero-order chi connectivity index (χ0) is 14.4. The minimum Gasteiger partial charge on any atom is -0.315 e. The summed E-state index contributed by atoms with van der Waals surface area (Å²) in [5.74, 6) is 0.0555. The minimum atomic E-state index is 0.0555. The molecule has 20 heavy (non-hydrogen) atoms. The number of pyridine rings is 1. The highest BCUT2D eigenvalue weighted by molar-refractivity contribution is 6.36. The van der Waals surface area contributed by atoms with Crippen LogP contribution in [0.15, 0.2) is 24.5 Å². The Morgan fingerprint density at radius 2 is 1.95 bits per heavy atom. The molecular weight excluding hydrogens is 295 g/mol. The molecule has 0 atom stereocenters. The summed E-state index contributed by atoms with van der Waals surface area (Å²) in [6.07, 6.45) is 3.69. The molecule has 0 fully saturated rings. The molecule has 0 saturated heterocycles. The molecule has 1 aliphatic rings. The molecule has 1 amide bonds. The Morgan fingerprint density at radius 1 is 1.20 bits per heavy atom. The Bertz CT molecular complexity index is 728. The Morgan fingerprint density at radius 3 is 2.70 bits per heavy atom. The third kappa shape index (κ3) is 1.89. The van der Waals surface area contributed by atoms with Crippen molar-refractivity contribution in [1.29, 1.82) is 0 Å². The molecule has 5 heteroatoms. The highest BCUT2D eigenvalue weighted by Crippen LogP contribution is 2.41. The van der Waals surface area contributed by atoms with Crippen molar-refractivity contribution in [2.45, 2.75) is 13.3 Å². The van der Waals surface area contributed by atoms with Crippen LogP contribution in [0.4, 0.5) is 5.69 Å². The number of halogens is 2. The van der Waals surface area contributed by atoms with Gasteiger partial charge in [0.05, 0.1) is 16.5 Å². The molecule has 0 N–H and O–H groups in total. The molecule has 2 heterocycles. The summed E-state index contributed by atoms with van der Waals surface area (Å²) >= 11 is 12.6. The summed E-state index contributed by atoms with van der Waals surface area (Å²) in [4.78, 5) is 17.5. The summed E-state index contributed by atoms with van der Waals surface area (Å²) in [5, 5.41) is 1.21. The number of likely N-dealkylation sites (N-methyl/N-ethyl adjacent to an activating group) is 1. The first kappa shape index (κ1) is 13.4. The lowest BCUT2D eigenvalue weighted by Crippen LogP contribution is -2.20. The van der Waals surface area contributed by atoms with E-state index in [-0.39, 0.29) is 5.91 Å². The second-order valence-electron chi connectivity index (χ2n) is 4.85. The van der Waals surface area contributed by atoms with E-state index >= 15 is 0 Å². The van der Waals surface area contributed by atoms with Crippen molar-refractivity contribution in [2.24, 2.45) is 0 Å². The fourth-order valence-electron chi connectivity index (χ4n) is 2.48. The second kappa shape index (κ2) is 4.76. The lowest BCUT2D eigenvalue weighted by atomic mass is 9.99. The summed E-state index contributed by atoms with van der Waals surface area (Å²) < 4.78 is 0. The van der Waals surface area contributed by atoms with Crippen LogP contribution in [-0.2, 0) is 11.2 Å². The molecule has 2 aromatic rings. The molecule has 0 radical (unpaired) electrons. The maximum atomic E-state index is 11.8. The van der Waals surface area contributed by atoms with E-state index in [0.29, 0.717) is 16.5 Å². The number of anilines is 1. The molecule has 0 bridgehead atoms. The zero-order valence-corrected chi connectivity index (χ0v) is 12.6. The lowest BCUT2D eigenvalue weighted by molar-refractivity contribution is -0.117. The minimum absolute atomic E-state index is 0.0555. The summed E-state index contributed by atoms with van der Waals surface area (Å²) in [6, 6.07) is 3.83. The zero-order valence-electron chi connectivity index (χ0n) is 11.1. The van der Waals surface area contributed by atoms with Crippen LogP contribution in [-0.4, -0.2) is 17.9 Å². The monoisotopic (exact) mass is 306 g/mol. The van der Waals surface area contributed by atoms with Crippen molar-refractivity contribution in [3.05, 3.63) is 45.7 Å². The van der Waals surface area contributed by atoms with Crippen LogP contribution in [0, 0.1) is 6.92 Å². The van der Waals surface area contributed by atoms with Crippen molar-refractivity contribution in [2.75, 3.05) is 11.9 Å². The Labute approximate surface area is 127 Å². The fraction of sp³-hybridized carbons (Fsp3) is 0.200. The highest BCUT2D eigenvalue weighted by Gasteiger charge is 2.27. The summed E-state index contributed by atoms with van der Waals surface area (Å²) in [6.45, 7) is 1.93. The quantitative estimate of drug-likeness (QED) is 0.801. The maximum Gasteiger partial charge on any atom is 0.231 e. The van der Waals surface area contributed by atoms with Gasteiger partial charge in [0.2, 0.25) is 5.91 Å². The smallest absolute Gasteiger partial charge is 0.231 e. The van der Waals surface area contributed by atoms with Crippen molar-refractivity contribution >= 4 is 34.8 Å². The molecule has 3 rings (SSSR count). The molecule has 1 aromatic carbocycles. The van der Waals surface area contributed by atoms with Crippen LogP contribution in [0.2, 0.25) is 10.0 Å². The van der Waals surface area contributed by atoms with Gasteiger partial charge in [-0.05, 0) is 18.6 Å². The number of carbonyl (C=O) groups excluding carboxylic acids is 1. The van der Waals surface area contributed by atoms with E-state index in [2.05, 4.69) is 4.98 Å². The second-order valence-corrected chi connectivity index (χ2v) is 5.63. The van der Waals surface area contributed by atoms with Crippen molar-refractivity contribution in [1.82, 2.24) is 4.98 Å². The van der Waals surface area contributed by atoms with Crippen LogP contribution >= 0.6 is 23.2 Å². The van der Waals surface area contributed by atoms with Gasteiger partial charge in [0, 0.05) is 41.8 Å². The summed E-state index contributed by atoms with van der Waals surface area (Å²) in [7, 11) is 1.76. The Hall–Kier alpha value is -1.58. The van der Waals surface area contributed by atoms with E-state index in [4.69, 9.17) is 23.2 Å². The van der Waals surface area contributed by atoms with Gasteiger partial charge in [-0.25, -0.2) is 0 Å². The number of aromatic nitrogens is 1. The third-order valence-electron chi connectivity index (χ3n) is 3.73. The average Bonchev–Trinajstić information content (AvgIpc) is 2.71. The number of carbonyl (C=O) groups is 1. The SMILES string of the molecule is Cc1c(Cl)cncc1-c1ccc2c(c1Cl)CC(=O)N2C. The predicted molar refractivity (Wildman–Crippen MR) is 81.5 cm³/mol.